The van der Waals surface area contributed by atoms with Crippen molar-refractivity contribution in [3.05, 3.63) is 65.9 Å². The number of hydrogen-bond acceptors (Lipinski definition) is 3. The van der Waals surface area contributed by atoms with Gasteiger partial charge in [-0.2, -0.15) is 0 Å². The van der Waals surface area contributed by atoms with E-state index in [4.69, 9.17) is 14.5 Å². The number of fused-ring (bicyclic) bond motifs is 1. The zero-order chi connectivity index (χ0) is 15.4. The van der Waals surface area contributed by atoms with Gasteiger partial charge in [0.15, 0.2) is 0 Å². The van der Waals surface area contributed by atoms with Crippen molar-refractivity contribution < 1.29 is 9.47 Å². The van der Waals surface area contributed by atoms with Crippen LogP contribution in [0.1, 0.15) is 11.3 Å². The summed E-state index contributed by atoms with van der Waals surface area (Å²) in [7, 11) is 3.37. The highest BCUT2D eigenvalue weighted by Crippen LogP contribution is 2.20. The fraction of sp³-hybridized carbons (Fsp3) is 0.211. The van der Waals surface area contributed by atoms with Crippen LogP contribution in [0.25, 0.3) is 10.9 Å². The zero-order valence-corrected chi connectivity index (χ0v) is 12.9. The summed E-state index contributed by atoms with van der Waals surface area (Å²) < 4.78 is 10.5. The second-order valence-electron chi connectivity index (χ2n) is 5.21. The van der Waals surface area contributed by atoms with Crippen LogP contribution in [0.3, 0.4) is 0 Å². The Morgan fingerprint density at radius 2 is 1.64 bits per heavy atom. The number of benzene rings is 2. The lowest BCUT2D eigenvalue weighted by Gasteiger charge is -2.06. The third-order valence-electron chi connectivity index (χ3n) is 3.76. The van der Waals surface area contributed by atoms with Crippen molar-refractivity contribution in [2.24, 2.45) is 0 Å². The molecule has 1 heterocycles. The van der Waals surface area contributed by atoms with Gasteiger partial charge < -0.3 is 9.47 Å². The van der Waals surface area contributed by atoms with Crippen LogP contribution in [0.15, 0.2) is 54.6 Å². The van der Waals surface area contributed by atoms with Crippen molar-refractivity contribution in [1.29, 1.82) is 0 Å². The van der Waals surface area contributed by atoms with Gasteiger partial charge in [-0.3, -0.25) is 4.98 Å². The minimum Gasteiger partial charge on any atom is -0.497 e. The molecule has 0 saturated carbocycles. The van der Waals surface area contributed by atoms with Gasteiger partial charge in [-0.1, -0.05) is 18.2 Å². The number of nitrogens with zero attached hydrogens (tertiary/aromatic N) is 1. The summed E-state index contributed by atoms with van der Waals surface area (Å²) in [5.74, 6) is 1.76. The van der Waals surface area contributed by atoms with Gasteiger partial charge in [0.25, 0.3) is 0 Å². The van der Waals surface area contributed by atoms with Gasteiger partial charge in [0, 0.05) is 11.1 Å². The SMILES string of the molecule is COc1cccc(CCc2ccc3cc(OC)ccc3n2)c1. The second-order valence-corrected chi connectivity index (χ2v) is 5.21. The minimum atomic E-state index is 0.860. The van der Waals surface area contributed by atoms with E-state index < -0.39 is 0 Å². The Balaban J connectivity index is 1.76. The molecule has 0 atom stereocenters. The summed E-state index contributed by atoms with van der Waals surface area (Å²) in [5, 5.41) is 1.10. The summed E-state index contributed by atoms with van der Waals surface area (Å²) in [5.41, 5.74) is 3.36. The van der Waals surface area contributed by atoms with Crippen LogP contribution in [0.4, 0.5) is 0 Å². The van der Waals surface area contributed by atoms with Gasteiger partial charge in [0.2, 0.25) is 0 Å². The van der Waals surface area contributed by atoms with E-state index in [0.717, 1.165) is 40.9 Å². The molecule has 3 nitrogen and oxygen atoms in total. The molecule has 0 bridgehead atoms. The summed E-state index contributed by atoms with van der Waals surface area (Å²) in [4.78, 5) is 4.72. The first-order chi connectivity index (χ1) is 10.8. The van der Waals surface area contributed by atoms with E-state index in [1.807, 2.05) is 30.3 Å². The van der Waals surface area contributed by atoms with Gasteiger partial charge >= 0.3 is 0 Å². The first kappa shape index (κ1) is 14.4. The van der Waals surface area contributed by atoms with Crippen LogP contribution in [0.5, 0.6) is 11.5 Å². The molecule has 3 aromatic rings. The predicted molar refractivity (Wildman–Crippen MR) is 88.7 cm³/mol. The number of ether oxygens (including phenoxy) is 2. The maximum absolute atomic E-state index is 5.26. The smallest absolute Gasteiger partial charge is 0.119 e. The van der Waals surface area contributed by atoms with E-state index in [1.165, 1.54) is 5.56 Å². The Hall–Kier alpha value is -2.55. The summed E-state index contributed by atoms with van der Waals surface area (Å²) >= 11 is 0. The molecule has 0 amide bonds. The summed E-state index contributed by atoms with van der Waals surface area (Å²) in [6.45, 7) is 0. The molecule has 0 fully saturated rings. The molecule has 22 heavy (non-hydrogen) atoms. The Morgan fingerprint density at radius 3 is 2.45 bits per heavy atom. The summed E-state index contributed by atoms with van der Waals surface area (Å²) in [6.07, 6.45) is 1.86. The third-order valence-corrected chi connectivity index (χ3v) is 3.76. The van der Waals surface area contributed by atoms with Gasteiger partial charge in [-0.15, -0.1) is 0 Å². The summed E-state index contributed by atoms with van der Waals surface area (Å²) in [6, 6.07) is 18.3. The average Bonchev–Trinajstić information content (AvgIpc) is 2.59. The van der Waals surface area contributed by atoms with Crippen LogP contribution in [0, 0.1) is 0 Å². The standard InChI is InChI=1S/C19H19NO2/c1-21-17-5-3-4-14(12-17)6-8-16-9-7-15-13-18(22-2)10-11-19(15)20-16/h3-5,7,9-13H,6,8H2,1-2H3. The van der Waals surface area contributed by atoms with Gasteiger partial charge in [-0.25, -0.2) is 0 Å². The highest BCUT2D eigenvalue weighted by Gasteiger charge is 2.02. The van der Waals surface area contributed by atoms with Crippen molar-refractivity contribution in [2.75, 3.05) is 14.2 Å². The highest BCUT2D eigenvalue weighted by molar-refractivity contribution is 5.80. The lowest BCUT2D eigenvalue weighted by molar-refractivity contribution is 0.414. The fourth-order valence-corrected chi connectivity index (χ4v) is 2.51. The Labute approximate surface area is 130 Å². The Morgan fingerprint density at radius 1 is 0.818 bits per heavy atom. The molecule has 3 rings (SSSR count). The van der Waals surface area contributed by atoms with Crippen LogP contribution < -0.4 is 9.47 Å². The molecule has 2 aromatic carbocycles. The van der Waals surface area contributed by atoms with Gasteiger partial charge in [0.1, 0.15) is 11.5 Å². The highest BCUT2D eigenvalue weighted by atomic mass is 16.5. The predicted octanol–water partition coefficient (Wildman–Crippen LogP) is 4.04. The van der Waals surface area contributed by atoms with Crippen molar-refractivity contribution in [3.8, 4) is 11.5 Å². The van der Waals surface area contributed by atoms with E-state index in [-0.39, 0.29) is 0 Å². The molecule has 112 valence electrons. The zero-order valence-electron chi connectivity index (χ0n) is 12.9. The maximum atomic E-state index is 5.26. The number of rotatable bonds is 5. The maximum Gasteiger partial charge on any atom is 0.119 e. The Kier molecular flexibility index (Phi) is 4.24. The van der Waals surface area contributed by atoms with Gasteiger partial charge in [-0.05, 0) is 54.8 Å². The largest absolute Gasteiger partial charge is 0.497 e. The minimum absolute atomic E-state index is 0.860. The molecule has 0 spiro atoms. The molecule has 1 aromatic heterocycles. The average molecular weight is 293 g/mol. The quantitative estimate of drug-likeness (QED) is 0.711. The lowest BCUT2D eigenvalue weighted by atomic mass is 10.1. The molecular formula is C19H19NO2. The van der Waals surface area contributed by atoms with E-state index in [0.29, 0.717) is 0 Å². The normalized spacial score (nSPS) is 10.6. The van der Waals surface area contributed by atoms with Crippen molar-refractivity contribution in [3.63, 3.8) is 0 Å². The van der Waals surface area contributed by atoms with Crippen LogP contribution in [-0.2, 0) is 12.8 Å². The van der Waals surface area contributed by atoms with Crippen LogP contribution in [0.2, 0.25) is 0 Å². The first-order valence-corrected chi connectivity index (χ1v) is 7.35. The molecule has 3 heteroatoms. The number of hydrogen-bond donors (Lipinski definition) is 0. The number of aryl methyl sites for hydroxylation is 2. The molecule has 0 N–H and O–H groups in total. The van der Waals surface area contributed by atoms with E-state index in [9.17, 15) is 0 Å². The van der Waals surface area contributed by atoms with Crippen molar-refractivity contribution >= 4 is 10.9 Å². The molecule has 0 aliphatic carbocycles. The van der Waals surface area contributed by atoms with E-state index in [1.54, 1.807) is 14.2 Å². The molecule has 0 aliphatic rings. The monoisotopic (exact) mass is 293 g/mol. The molecule has 0 aliphatic heterocycles. The van der Waals surface area contributed by atoms with E-state index in [2.05, 4.69) is 24.3 Å². The number of aromatic nitrogens is 1. The first-order valence-electron chi connectivity index (χ1n) is 7.35. The van der Waals surface area contributed by atoms with Crippen molar-refractivity contribution in [1.82, 2.24) is 4.98 Å². The number of methoxy groups -OCH3 is 2. The molecular weight excluding hydrogens is 274 g/mol. The van der Waals surface area contributed by atoms with Crippen molar-refractivity contribution in [2.45, 2.75) is 12.8 Å². The fourth-order valence-electron chi connectivity index (χ4n) is 2.51. The Bertz CT molecular complexity index is 783. The molecule has 0 unspecified atom stereocenters. The topological polar surface area (TPSA) is 31.4 Å². The van der Waals surface area contributed by atoms with Gasteiger partial charge in [0.05, 0.1) is 19.7 Å². The molecule has 0 radical (unpaired) electrons. The van der Waals surface area contributed by atoms with Crippen LogP contribution >= 0.6 is 0 Å². The molecule has 0 saturated heterocycles. The second kappa shape index (κ2) is 6.48. The third kappa shape index (κ3) is 3.19. The number of pyridine rings is 1. The van der Waals surface area contributed by atoms with Crippen LogP contribution in [-0.4, -0.2) is 19.2 Å². The lowest BCUT2D eigenvalue weighted by Crippen LogP contribution is -1.95. The van der Waals surface area contributed by atoms with E-state index >= 15 is 0 Å².